The molecule has 0 saturated heterocycles. The third-order valence-corrected chi connectivity index (χ3v) is 8.31. The first-order valence-corrected chi connectivity index (χ1v) is 14.3. The lowest BCUT2D eigenvalue weighted by Gasteiger charge is -2.38. The lowest BCUT2D eigenvalue weighted by molar-refractivity contribution is -0.133. The molecule has 3 N–H and O–H groups in total. The third kappa shape index (κ3) is 5.50. The zero-order valence-corrected chi connectivity index (χ0v) is 25.4. The molecule has 0 spiro atoms. The Morgan fingerprint density at radius 2 is 1.64 bits per heavy atom. The fourth-order valence-corrected chi connectivity index (χ4v) is 6.26. The smallest absolute Gasteiger partial charge is 0.356 e. The Balaban J connectivity index is 1.60. The summed E-state index contributed by atoms with van der Waals surface area (Å²) in [6.45, 7) is 6.39. The lowest BCUT2D eigenvalue weighted by atomic mass is 9.79. The summed E-state index contributed by atoms with van der Waals surface area (Å²) in [5.41, 5.74) is 6.40. The summed E-state index contributed by atoms with van der Waals surface area (Å²) in [6.07, 6.45) is 11.5. The fourth-order valence-electron chi connectivity index (χ4n) is 6.26. The van der Waals surface area contributed by atoms with Crippen molar-refractivity contribution in [1.29, 1.82) is 0 Å². The largest absolute Gasteiger partial charge is 0.464 e. The molecule has 0 saturated carbocycles. The van der Waals surface area contributed by atoms with Crippen LogP contribution in [0.1, 0.15) is 55.4 Å². The summed E-state index contributed by atoms with van der Waals surface area (Å²) in [4.78, 5) is 27.6. The van der Waals surface area contributed by atoms with Crippen molar-refractivity contribution < 1.29 is 29.5 Å². The Bertz CT molecular complexity index is 1870. The molecule has 5 rings (SSSR count). The van der Waals surface area contributed by atoms with E-state index in [1.54, 1.807) is 0 Å². The van der Waals surface area contributed by atoms with E-state index in [0.29, 0.717) is 0 Å². The van der Waals surface area contributed by atoms with E-state index in [-0.39, 0.29) is 30.2 Å². The van der Waals surface area contributed by atoms with Crippen LogP contribution in [0, 0.1) is 0 Å². The Morgan fingerprint density at radius 1 is 1.00 bits per heavy atom. The number of oxime groups is 2. The van der Waals surface area contributed by atoms with E-state index in [4.69, 9.17) is 9.47 Å². The predicted molar refractivity (Wildman–Crippen MR) is 170 cm³/mol. The maximum Gasteiger partial charge on any atom is 0.356 e. The molecular formula is C34H36N4O6. The Labute approximate surface area is 255 Å². The molecule has 10 heteroatoms. The highest BCUT2D eigenvalue weighted by Gasteiger charge is 2.36. The monoisotopic (exact) mass is 596 g/mol. The minimum Gasteiger partial charge on any atom is -0.464 e. The number of para-hydroxylation sites is 2. The first kappa shape index (κ1) is 30.3. The molecule has 2 aromatic carbocycles. The van der Waals surface area contributed by atoms with E-state index in [0.717, 1.165) is 44.9 Å². The van der Waals surface area contributed by atoms with Gasteiger partial charge in [-0.15, -0.1) is 0 Å². The van der Waals surface area contributed by atoms with Crippen molar-refractivity contribution in [1.82, 2.24) is 9.55 Å². The van der Waals surface area contributed by atoms with Gasteiger partial charge in [-0.1, -0.05) is 70.5 Å². The zero-order chi connectivity index (χ0) is 31.6. The molecular weight excluding hydrogens is 560 g/mol. The molecule has 1 aliphatic heterocycles. The number of aromatic nitrogens is 2. The molecule has 0 bridgehead atoms. The van der Waals surface area contributed by atoms with Gasteiger partial charge in [0.05, 0.1) is 30.8 Å². The van der Waals surface area contributed by atoms with Crippen molar-refractivity contribution in [3.8, 4) is 0 Å². The molecule has 2 aromatic heterocycles. The maximum atomic E-state index is 12.2. The number of hydrogen-bond acceptors (Lipinski definition) is 8. The summed E-state index contributed by atoms with van der Waals surface area (Å²) in [7, 11) is 2.51. The van der Waals surface area contributed by atoms with Gasteiger partial charge in [0.1, 0.15) is 0 Å². The van der Waals surface area contributed by atoms with Crippen LogP contribution in [-0.2, 0) is 37.4 Å². The second kappa shape index (κ2) is 12.2. The predicted octanol–water partition coefficient (Wildman–Crippen LogP) is 6.10. The normalized spacial score (nSPS) is 18.6. The Kier molecular flexibility index (Phi) is 8.44. The van der Waals surface area contributed by atoms with Gasteiger partial charge < -0.3 is 29.4 Å². The number of allylic oxidation sites excluding steroid dienone is 3. The van der Waals surface area contributed by atoms with Crippen molar-refractivity contribution in [2.45, 2.75) is 51.5 Å². The van der Waals surface area contributed by atoms with Gasteiger partial charge in [-0.05, 0) is 49.4 Å². The molecule has 4 aromatic rings. The molecule has 2 atom stereocenters. The van der Waals surface area contributed by atoms with Crippen LogP contribution in [0.5, 0.6) is 0 Å². The topological polar surface area (TPSA) is 138 Å². The summed E-state index contributed by atoms with van der Waals surface area (Å²) in [5, 5.41) is 27.1. The number of hydrogen-bond donors (Lipinski definition) is 3. The molecule has 44 heavy (non-hydrogen) atoms. The number of benzene rings is 2. The van der Waals surface area contributed by atoms with E-state index in [1.807, 2.05) is 42.7 Å². The average molecular weight is 597 g/mol. The maximum absolute atomic E-state index is 12.2. The van der Waals surface area contributed by atoms with Crippen molar-refractivity contribution in [2.24, 2.45) is 10.3 Å². The Hall–Kier alpha value is -5.12. The average Bonchev–Trinajstić information content (AvgIpc) is 3.62. The first-order valence-electron chi connectivity index (χ1n) is 14.3. The van der Waals surface area contributed by atoms with E-state index in [2.05, 4.69) is 64.9 Å². The quantitative estimate of drug-likeness (QED) is 0.0702. The van der Waals surface area contributed by atoms with Crippen molar-refractivity contribution in [3.05, 3.63) is 88.8 Å². The number of H-pyrrole nitrogens is 1. The molecule has 0 aliphatic carbocycles. The van der Waals surface area contributed by atoms with Crippen LogP contribution in [0.25, 0.3) is 27.9 Å². The molecule has 3 heterocycles. The number of methoxy groups -OCH3 is 2. The molecule has 228 valence electrons. The van der Waals surface area contributed by atoms with Crippen LogP contribution in [0.3, 0.4) is 0 Å². The van der Waals surface area contributed by atoms with Crippen molar-refractivity contribution >= 4 is 51.2 Å². The molecule has 0 fully saturated rings. The second-order valence-corrected chi connectivity index (χ2v) is 11.5. The highest BCUT2D eigenvalue weighted by atomic mass is 16.5. The zero-order valence-electron chi connectivity index (χ0n) is 25.4. The van der Waals surface area contributed by atoms with Gasteiger partial charge in [-0.25, -0.2) is 9.59 Å². The van der Waals surface area contributed by atoms with Gasteiger partial charge in [0.2, 0.25) is 0 Å². The van der Waals surface area contributed by atoms with Gasteiger partial charge >= 0.3 is 11.9 Å². The van der Waals surface area contributed by atoms with Gasteiger partial charge in [-0.3, -0.25) is 0 Å². The summed E-state index contributed by atoms with van der Waals surface area (Å²) < 4.78 is 11.8. The van der Waals surface area contributed by atoms with E-state index in [1.165, 1.54) is 25.4 Å². The minimum atomic E-state index is -0.685. The third-order valence-electron chi connectivity index (χ3n) is 8.31. The highest BCUT2D eigenvalue weighted by Crippen LogP contribution is 2.45. The van der Waals surface area contributed by atoms with Crippen LogP contribution < -0.4 is 0 Å². The lowest BCUT2D eigenvalue weighted by Crippen LogP contribution is -2.33. The summed E-state index contributed by atoms with van der Waals surface area (Å²) in [6, 6.07) is 12.1. The second-order valence-electron chi connectivity index (χ2n) is 11.5. The molecule has 1 aliphatic rings. The molecule has 2 unspecified atom stereocenters. The SMILES string of the molecule is COC(=O)C(Cc1c[nH]c2c(C=CC3(C)CC(C=C(C)C)c4cccc5c(CC(=NO)C(=O)OC)cn3c45)cccc12)=NO. The number of fused-ring (bicyclic) bond motifs is 1. The van der Waals surface area contributed by atoms with E-state index >= 15 is 0 Å². The molecule has 0 radical (unpaired) electrons. The van der Waals surface area contributed by atoms with Gasteiger partial charge in [0.25, 0.3) is 0 Å². The molecule has 0 amide bonds. The minimum absolute atomic E-state index is 0.0647. The van der Waals surface area contributed by atoms with Crippen LogP contribution in [0.2, 0.25) is 0 Å². The number of aromatic amines is 1. The number of carbonyl (C=O) groups excluding carboxylic acids is 2. The van der Waals surface area contributed by atoms with E-state index < -0.39 is 17.5 Å². The number of esters is 2. The first-order chi connectivity index (χ1) is 21.1. The summed E-state index contributed by atoms with van der Waals surface area (Å²) in [5.74, 6) is -1.20. The van der Waals surface area contributed by atoms with Gasteiger partial charge in [-0.2, -0.15) is 0 Å². The van der Waals surface area contributed by atoms with Crippen LogP contribution in [0.15, 0.2) is 76.8 Å². The van der Waals surface area contributed by atoms with Gasteiger partial charge in [0, 0.05) is 41.9 Å². The van der Waals surface area contributed by atoms with Crippen LogP contribution >= 0.6 is 0 Å². The van der Waals surface area contributed by atoms with Crippen LogP contribution in [-0.4, -0.2) is 57.5 Å². The van der Waals surface area contributed by atoms with Crippen molar-refractivity contribution in [3.63, 3.8) is 0 Å². The van der Waals surface area contributed by atoms with Crippen LogP contribution in [0.4, 0.5) is 0 Å². The standard InChI is InChI=1S/C34H36N4O6/c1-20(2)14-22-17-34(3,38-19-24(16-29(37-42)33(40)44-5)27-11-7-10-26(22)31(27)38)13-12-21-8-6-9-25-23(18-35-30(21)25)15-28(36-41)32(39)43-4/h6-14,18-19,22,35,41-42H,15-17H2,1-5H3. The Morgan fingerprint density at radius 3 is 2.27 bits per heavy atom. The highest BCUT2D eigenvalue weighted by molar-refractivity contribution is 6.37. The summed E-state index contributed by atoms with van der Waals surface area (Å²) >= 11 is 0. The fraction of sp³-hybridized carbons (Fsp3) is 0.294. The number of carbonyl (C=O) groups is 2. The number of nitrogens with zero attached hydrogens (tertiary/aromatic N) is 3. The number of rotatable bonds is 9. The number of nitrogens with one attached hydrogen (secondary N) is 1. The van der Waals surface area contributed by atoms with E-state index in [9.17, 15) is 20.0 Å². The number of ether oxygens (including phenoxy) is 2. The van der Waals surface area contributed by atoms with Crippen molar-refractivity contribution in [2.75, 3.05) is 14.2 Å². The molecule has 10 nitrogen and oxygen atoms in total. The van der Waals surface area contributed by atoms with Gasteiger partial charge in [0.15, 0.2) is 11.4 Å².